The molecule has 0 atom stereocenters. The number of nitrogens with zero attached hydrogens (tertiary/aromatic N) is 1. The van der Waals surface area contributed by atoms with Crippen LogP contribution in [-0.2, 0) is 12.0 Å². The predicted octanol–water partition coefficient (Wildman–Crippen LogP) is 3.38. The van der Waals surface area contributed by atoms with Gasteiger partial charge in [-0.15, -0.1) is 0 Å². The Bertz CT molecular complexity index is 532. The average molecular weight is 320 g/mol. The van der Waals surface area contributed by atoms with Crippen molar-refractivity contribution in [2.24, 2.45) is 0 Å². The lowest BCUT2D eigenvalue weighted by Crippen LogP contribution is -2.43. The molecular weight excluding hydrogens is 302 g/mol. The summed E-state index contributed by atoms with van der Waals surface area (Å²) in [5.41, 5.74) is 1.76. The van der Waals surface area contributed by atoms with Gasteiger partial charge in [-0.05, 0) is 30.5 Å². The maximum atomic E-state index is 4.24. The number of aromatic amines is 1. The van der Waals surface area contributed by atoms with Gasteiger partial charge in [-0.25, -0.2) is 4.98 Å². The summed E-state index contributed by atoms with van der Waals surface area (Å²) < 4.78 is 1.17. The molecule has 1 aliphatic rings. The second-order valence-electron chi connectivity index (χ2n) is 5.28. The molecule has 1 saturated carbocycles. The number of hydrogen-bond donors (Lipinski definition) is 2. The minimum Gasteiger partial charge on any atom is -0.348 e. The molecule has 0 aliphatic heterocycles. The summed E-state index contributed by atoms with van der Waals surface area (Å²) in [6.45, 7) is 1.83. The summed E-state index contributed by atoms with van der Waals surface area (Å²) in [4.78, 5) is 7.37. The van der Waals surface area contributed by atoms with Crippen molar-refractivity contribution < 1.29 is 0 Å². The Morgan fingerprint density at radius 2 is 2.26 bits per heavy atom. The Balaban J connectivity index is 1.66. The molecule has 1 heterocycles. The van der Waals surface area contributed by atoms with Gasteiger partial charge >= 0.3 is 0 Å². The Morgan fingerprint density at radius 1 is 1.37 bits per heavy atom. The van der Waals surface area contributed by atoms with Crippen molar-refractivity contribution in [1.82, 2.24) is 15.3 Å². The zero-order valence-corrected chi connectivity index (χ0v) is 12.4. The number of aromatic nitrogens is 2. The maximum absolute atomic E-state index is 4.24. The molecule has 0 amide bonds. The summed E-state index contributed by atoms with van der Waals surface area (Å²) in [6, 6.07) is 8.73. The summed E-state index contributed by atoms with van der Waals surface area (Å²) >= 11 is 3.57. The molecule has 0 unspecified atom stereocenters. The van der Waals surface area contributed by atoms with Crippen LogP contribution in [0, 0.1) is 0 Å². The molecule has 100 valence electrons. The SMILES string of the molecule is Brc1cccc(C2(CNCc3ncc[nH]3)CCC2)c1. The predicted molar refractivity (Wildman–Crippen MR) is 80.0 cm³/mol. The molecule has 3 rings (SSSR count). The van der Waals surface area contributed by atoms with E-state index in [1.165, 1.54) is 29.3 Å². The Labute approximate surface area is 122 Å². The van der Waals surface area contributed by atoms with Crippen molar-refractivity contribution in [2.45, 2.75) is 31.2 Å². The molecule has 0 bridgehead atoms. The molecule has 0 saturated heterocycles. The molecule has 1 aromatic heterocycles. The van der Waals surface area contributed by atoms with Gasteiger partial charge in [0.1, 0.15) is 5.82 Å². The van der Waals surface area contributed by atoms with Crippen molar-refractivity contribution in [1.29, 1.82) is 0 Å². The minimum atomic E-state index is 0.316. The second-order valence-corrected chi connectivity index (χ2v) is 6.20. The molecular formula is C15H18BrN3. The Hall–Kier alpha value is -1.13. The van der Waals surface area contributed by atoms with Gasteiger partial charge < -0.3 is 10.3 Å². The van der Waals surface area contributed by atoms with Crippen LogP contribution in [0.15, 0.2) is 41.1 Å². The lowest BCUT2D eigenvalue weighted by Gasteiger charge is -2.43. The molecule has 1 fully saturated rings. The number of rotatable bonds is 5. The van der Waals surface area contributed by atoms with E-state index in [0.29, 0.717) is 5.41 Å². The minimum absolute atomic E-state index is 0.316. The normalized spacial score (nSPS) is 17.1. The van der Waals surface area contributed by atoms with Gasteiger partial charge in [0, 0.05) is 28.8 Å². The number of halogens is 1. The van der Waals surface area contributed by atoms with Crippen LogP contribution in [-0.4, -0.2) is 16.5 Å². The van der Waals surface area contributed by atoms with E-state index >= 15 is 0 Å². The molecule has 4 heteroatoms. The van der Waals surface area contributed by atoms with Crippen LogP contribution >= 0.6 is 15.9 Å². The fraction of sp³-hybridized carbons (Fsp3) is 0.400. The lowest BCUT2D eigenvalue weighted by molar-refractivity contribution is 0.232. The van der Waals surface area contributed by atoms with Crippen molar-refractivity contribution in [3.05, 3.63) is 52.5 Å². The first-order valence-electron chi connectivity index (χ1n) is 6.74. The highest BCUT2D eigenvalue weighted by atomic mass is 79.9. The third-order valence-electron chi connectivity index (χ3n) is 4.06. The summed E-state index contributed by atoms with van der Waals surface area (Å²) in [6.07, 6.45) is 7.53. The summed E-state index contributed by atoms with van der Waals surface area (Å²) in [5, 5.41) is 3.54. The topological polar surface area (TPSA) is 40.7 Å². The molecule has 1 aromatic carbocycles. The van der Waals surface area contributed by atoms with Crippen molar-refractivity contribution in [3.8, 4) is 0 Å². The molecule has 2 aromatic rings. The van der Waals surface area contributed by atoms with Gasteiger partial charge in [-0.3, -0.25) is 0 Å². The quantitative estimate of drug-likeness (QED) is 0.887. The van der Waals surface area contributed by atoms with Crippen molar-refractivity contribution in [3.63, 3.8) is 0 Å². The summed E-state index contributed by atoms with van der Waals surface area (Å²) in [7, 11) is 0. The van der Waals surface area contributed by atoms with Gasteiger partial charge in [-0.1, -0.05) is 34.5 Å². The highest BCUT2D eigenvalue weighted by molar-refractivity contribution is 9.10. The van der Waals surface area contributed by atoms with Crippen LogP contribution < -0.4 is 5.32 Å². The standard InChI is InChI=1S/C15H18BrN3/c16-13-4-1-3-12(9-13)15(5-2-6-15)11-17-10-14-18-7-8-19-14/h1,3-4,7-9,17H,2,5-6,10-11H2,(H,18,19). The average Bonchev–Trinajstić information content (AvgIpc) is 2.85. The number of benzene rings is 1. The fourth-order valence-electron chi connectivity index (χ4n) is 2.80. The van der Waals surface area contributed by atoms with E-state index in [2.05, 4.69) is 55.5 Å². The van der Waals surface area contributed by atoms with Gasteiger partial charge in [0.25, 0.3) is 0 Å². The number of hydrogen-bond acceptors (Lipinski definition) is 2. The molecule has 1 aliphatic carbocycles. The zero-order chi connectivity index (χ0) is 13.1. The number of nitrogens with one attached hydrogen (secondary N) is 2. The van der Waals surface area contributed by atoms with Crippen LogP contribution in [0.3, 0.4) is 0 Å². The monoisotopic (exact) mass is 319 g/mol. The Morgan fingerprint density at radius 3 is 2.89 bits per heavy atom. The number of H-pyrrole nitrogens is 1. The van der Waals surface area contributed by atoms with E-state index in [-0.39, 0.29) is 0 Å². The smallest absolute Gasteiger partial charge is 0.120 e. The van der Waals surface area contributed by atoms with E-state index in [0.717, 1.165) is 18.9 Å². The Kier molecular flexibility index (Phi) is 3.71. The first-order chi connectivity index (χ1) is 9.28. The third-order valence-corrected chi connectivity index (χ3v) is 4.55. The van der Waals surface area contributed by atoms with Gasteiger partial charge in [0.15, 0.2) is 0 Å². The van der Waals surface area contributed by atoms with E-state index in [1.54, 1.807) is 6.20 Å². The van der Waals surface area contributed by atoms with Crippen LogP contribution in [0.25, 0.3) is 0 Å². The molecule has 3 nitrogen and oxygen atoms in total. The van der Waals surface area contributed by atoms with Crippen LogP contribution in [0.1, 0.15) is 30.7 Å². The maximum Gasteiger partial charge on any atom is 0.120 e. The van der Waals surface area contributed by atoms with Crippen LogP contribution in [0.2, 0.25) is 0 Å². The molecule has 19 heavy (non-hydrogen) atoms. The first-order valence-corrected chi connectivity index (χ1v) is 7.53. The first kappa shape index (κ1) is 12.9. The molecule has 0 radical (unpaired) electrons. The van der Waals surface area contributed by atoms with Gasteiger partial charge in [-0.2, -0.15) is 0 Å². The van der Waals surface area contributed by atoms with Gasteiger partial charge in [0.2, 0.25) is 0 Å². The zero-order valence-electron chi connectivity index (χ0n) is 10.8. The van der Waals surface area contributed by atoms with E-state index < -0.39 is 0 Å². The van der Waals surface area contributed by atoms with E-state index in [1.807, 2.05) is 6.20 Å². The van der Waals surface area contributed by atoms with Crippen LogP contribution in [0.5, 0.6) is 0 Å². The second kappa shape index (κ2) is 5.47. The van der Waals surface area contributed by atoms with E-state index in [4.69, 9.17) is 0 Å². The highest BCUT2D eigenvalue weighted by Gasteiger charge is 2.38. The number of imidazole rings is 1. The van der Waals surface area contributed by atoms with Crippen molar-refractivity contribution >= 4 is 15.9 Å². The van der Waals surface area contributed by atoms with Crippen molar-refractivity contribution in [2.75, 3.05) is 6.54 Å². The lowest BCUT2D eigenvalue weighted by atomic mass is 9.64. The third kappa shape index (κ3) is 2.74. The van der Waals surface area contributed by atoms with Crippen LogP contribution in [0.4, 0.5) is 0 Å². The molecule has 0 spiro atoms. The largest absolute Gasteiger partial charge is 0.348 e. The fourth-order valence-corrected chi connectivity index (χ4v) is 3.20. The highest BCUT2D eigenvalue weighted by Crippen LogP contribution is 2.43. The van der Waals surface area contributed by atoms with Gasteiger partial charge in [0.05, 0.1) is 6.54 Å². The molecule has 2 N–H and O–H groups in total. The van der Waals surface area contributed by atoms with E-state index in [9.17, 15) is 0 Å². The summed E-state index contributed by atoms with van der Waals surface area (Å²) in [5.74, 6) is 1.00.